The van der Waals surface area contributed by atoms with Crippen LogP contribution in [0.15, 0.2) is 226 Å². The Morgan fingerprint density at radius 3 is 0.866 bits per heavy atom. The first-order valence-electron chi connectivity index (χ1n) is 40.3. The topological polar surface area (TPSA) is 330 Å². The third-order valence-electron chi connectivity index (χ3n) is 22.3. The van der Waals surface area contributed by atoms with Gasteiger partial charge in [-0.25, -0.2) is 0 Å². The van der Waals surface area contributed by atoms with Crippen LogP contribution in [0, 0.1) is 45.3 Å². The molecule has 34 heteroatoms. The van der Waals surface area contributed by atoms with E-state index in [4.69, 9.17) is 107 Å². The van der Waals surface area contributed by atoms with E-state index in [-0.39, 0.29) is 138 Å². The summed E-state index contributed by atoms with van der Waals surface area (Å²) >= 11 is 46.0. The van der Waals surface area contributed by atoms with E-state index in [2.05, 4.69) is 30.9 Å². The third-order valence-corrected chi connectivity index (χ3v) is 30.3. The number of halogens is 8. The SMILES string of the molecule is C.C.C.C=CC[C@H](CN1CCSc2c(C#N)cc3ccccc3c2C1=O)c1ccc(Cl)c(Cl)c1.N#Cc1cc2ccccc2c2c1SCCN(C[C@@H](CC=O)c1ccc(Cl)c(Cl)c1)C2=O.N#Cc1cc2ccccc2c2c1[S@@](=O)CCN(C[C@@H](CC=O)c1ccc(Cl)c(Cl)c1)C2=O.N#Cc1cc2ccccc2c2c1[S@](=O)CCN(C[C@@H](CC=O)c1ccc(Cl)c(Cl)c1)C2=O.[O]=[Os](=[O])(=[O])=[O]. The quantitative estimate of drug-likeness (QED) is 0.0505. The van der Waals surface area contributed by atoms with E-state index in [9.17, 15) is 63.0 Å². The van der Waals surface area contributed by atoms with Gasteiger partial charge in [-0.05, 0) is 145 Å². The van der Waals surface area contributed by atoms with Crippen LogP contribution in [0.1, 0.15) is 158 Å². The number of carbonyl (C=O) groups is 7. The predicted octanol–water partition coefficient (Wildman–Crippen LogP) is 24.2. The average Bonchev–Trinajstić information content (AvgIpc) is 1.79. The molecule has 0 aromatic heterocycles. The van der Waals surface area contributed by atoms with Gasteiger partial charge in [-0.3, -0.25) is 27.6 Å². The maximum absolute atomic E-state index is 13.7. The Morgan fingerprint density at radius 1 is 0.358 bits per heavy atom. The molecule has 0 unspecified atom stereocenters. The first-order valence-corrected chi connectivity index (χ1v) is 52.1. The van der Waals surface area contributed by atoms with Crippen LogP contribution in [-0.2, 0) is 65.0 Å². The Balaban J connectivity index is 0.000000196. The minimum absolute atomic E-state index is 0. The Kier molecular flexibility index (Phi) is 39.4. The Hall–Kier alpha value is -10.6. The summed E-state index contributed by atoms with van der Waals surface area (Å²) in [6, 6.07) is 66.9. The van der Waals surface area contributed by atoms with Gasteiger partial charge in [-0.1, -0.05) is 242 Å². The first kappa shape index (κ1) is 107. The molecule has 0 saturated carbocycles. The molecule has 12 aromatic rings. The van der Waals surface area contributed by atoms with Crippen molar-refractivity contribution in [3.8, 4) is 24.3 Å². The fraction of sp³-hybridized carbons (Fsp3) is 0.230. The number of benzene rings is 12. The molecule has 0 aliphatic carbocycles. The zero-order valence-electron chi connectivity index (χ0n) is 69.0. The van der Waals surface area contributed by atoms with Crippen molar-refractivity contribution in [2.24, 2.45) is 0 Å². The van der Waals surface area contributed by atoms with Crippen molar-refractivity contribution >= 4 is 224 Å². The number of fused-ring (bicyclic) bond motifs is 12. The zero-order chi connectivity index (χ0) is 94.1. The normalized spacial score (nSPS) is 15.2. The molecule has 21 nitrogen and oxygen atoms in total. The Bertz CT molecular complexity index is 6690. The van der Waals surface area contributed by atoms with Crippen molar-refractivity contribution in [2.75, 3.05) is 75.4 Å². The molecule has 4 heterocycles. The molecule has 0 N–H and O–H groups in total. The van der Waals surface area contributed by atoms with E-state index in [1.54, 1.807) is 105 Å². The van der Waals surface area contributed by atoms with Crippen molar-refractivity contribution in [2.45, 2.75) is 91.2 Å². The van der Waals surface area contributed by atoms with E-state index >= 15 is 0 Å². The van der Waals surface area contributed by atoms with Gasteiger partial charge in [0.1, 0.15) is 43.1 Å². The number of aldehydes is 3. The van der Waals surface area contributed by atoms with Gasteiger partial charge < -0.3 is 34.0 Å². The van der Waals surface area contributed by atoms with Crippen LogP contribution in [0.2, 0.25) is 40.2 Å². The summed E-state index contributed by atoms with van der Waals surface area (Å²) in [6.07, 6.45) is 5.70. The van der Waals surface area contributed by atoms with Gasteiger partial charge in [0, 0.05) is 128 Å². The Morgan fingerprint density at radius 2 is 0.604 bits per heavy atom. The fourth-order valence-electron chi connectivity index (χ4n) is 16.1. The molecule has 0 saturated heterocycles. The molecule has 134 heavy (non-hydrogen) atoms. The van der Waals surface area contributed by atoms with Crippen LogP contribution in [0.25, 0.3) is 43.1 Å². The van der Waals surface area contributed by atoms with E-state index in [0.29, 0.717) is 132 Å². The van der Waals surface area contributed by atoms with Crippen molar-refractivity contribution in [1.29, 1.82) is 21.0 Å². The second kappa shape index (κ2) is 49.3. The van der Waals surface area contributed by atoms with Gasteiger partial charge in [0.15, 0.2) is 0 Å². The molecule has 0 spiro atoms. The summed E-state index contributed by atoms with van der Waals surface area (Å²) in [5, 5.41) is 48.4. The standard InChI is InChI=1S/C25H20Cl2N2OS.2C24H18Cl2N2O3S.C24H18Cl2N2O2S.3CH4.4O.Os/c1-2-5-18(16-8-9-21(26)22(27)13-16)15-29-10-11-31-24-19(14-28)12-17-6-3-4-7-20(17)23(24)25(29)30;2*25-20-6-5-15(12-21(20)26)17(7-9-29)14-28-8-10-32(31)23-18(13-27)11-16-3-1-2-4-19(16)22(23)24(28)30;25-20-6-5-15(12-21(20)26)17(7-9-29)14-28-8-10-31-23-18(13-27)11-16-3-1-2-4-19(16)22(23)24(28)30;;;;;;;;/h2-4,6-9,12-13,18H,1,5,10-11,15H2;2*1-6,9,11-12,17H,7-8,10,14H2;1-6,9,11-12,17H,7-8,10,14H2;3*1H4;;;;;/t18-;17-,32+;17-,32-;17-;;;;;;;;/m1111......../s1. The van der Waals surface area contributed by atoms with E-state index in [1.165, 1.54) is 11.8 Å². The summed E-state index contributed by atoms with van der Waals surface area (Å²) in [6.45, 7) is 6.92. The van der Waals surface area contributed by atoms with Crippen LogP contribution in [0.3, 0.4) is 0 Å². The number of allylic oxidation sites excluding steroid dienone is 1. The molecule has 4 amide bonds. The molecule has 16 rings (SSSR count). The summed E-state index contributed by atoms with van der Waals surface area (Å²) in [7, 11) is -3.01. The molecular formula is C100H86Cl8N8O13OsS4. The molecular weight excluding hydrogens is 2120 g/mol. The van der Waals surface area contributed by atoms with E-state index in [0.717, 1.165) is 89.0 Å². The van der Waals surface area contributed by atoms with Crippen LogP contribution in [-0.4, -0.2) is 146 Å². The van der Waals surface area contributed by atoms with Gasteiger partial charge in [0.05, 0.1) is 116 Å². The maximum atomic E-state index is 13.7. The van der Waals surface area contributed by atoms with Crippen molar-refractivity contribution in [1.82, 2.24) is 19.6 Å². The van der Waals surface area contributed by atoms with Gasteiger partial charge >= 0.3 is 29.0 Å². The summed E-state index contributed by atoms with van der Waals surface area (Å²) in [5.74, 6) is 0.313. The number of nitriles is 4. The number of carbonyl (C=O) groups excluding carboxylic acids is 7. The molecule has 0 fully saturated rings. The molecule has 12 aromatic carbocycles. The Labute approximate surface area is 832 Å². The summed E-state index contributed by atoms with van der Waals surface area (Å²) < 4.78 is 60.7. The van der Waals surface area contributed by atoms with Gasteiger partial charge in [-0.2, -0.15) is 21.0 Å². The second-order valence-electron chi connectivity index (χ2n) is 30.2. The first-order chi connectivity index (χ1) is 62.9. The third kappa shape index (κ3) is 25.4. The number of nitrogens with zero attached hydrogens (tertiary/aromatic N) is 8. The molecule has 0 bridgehead atoms. The molecule has 692 valence electrons. The number of thioether (sulfide) groups is 2. The summed E-state index contributed by atoms with van der Waals surface area (Å²) in [5.41, 5.74) is 6.84. The van der Waals surface area contributed by atoms with Gasteiger partial charge in [-0.15, -0.1) is 30.1 Å². The minimum atomic E-state index is -6.06. The number of rotatable bonds is 20. The zero-order valence-corrected chi connectivity index (χ0v) is 80.9. The van der Waals surface area contributed by atoms with Crippen molar-refractivity contribution in [3.05, 3.63) is 314 Å². The van der Waals surface area contributed by atoms with Crippen LogP contribution >= 0.6 is 116 Å². The van der Waals surface area contributed by atoms with E-state index < -0.39 is 36.4 Å². The second-order valence-corrected chi connectivity index (χ2v) is 41.2. The van der Waals surface area contributed by atoms with E-state index in [1.807, 2.05) is 126 Å². The van der Waals surface area contributed by atoms with Crippen LogP contribution in [0.5, 0.6) is 0 Å². The molecule has 0 radical (unpaired) electrons. The van der Waals surface area contributed by atoms with Crippen molar-refractivity contribution < 1.29 is 71.0 Å². The van der Waals surface area contributed by atoms with Crippen LogP contribution in [0.4, 0.5) is 0 Å². The molecule has 6 atom stereocenters. The number of hydrogen-bond donors (Lipinski definition) is 0. The van der Waals surface area contributed by atoms with Crippen molar-refractivity contribution in [3.63, 3.8) is 0 Å². The fourth-order valence-corrected chi connectivity index (χ4v) is 22.2. The van der Waals surface area contributed by atoms with Gasteiger partial charge in [0.25, 0.3) is 23.6 Å². The number of hydrogen-bond acceptors (Lipinski definition) is 19. The summed E-state index contributed by atoms with van der Waals surface area (Å²) in [4.78, 5) is 98.0. The molecule has 4 aliphatic rings. The van der Waals surface area contributed by atoms with Gasteiger partial charge in [0.2, 0.25) is 0 Å². The predicted molar refractivity (Wildman–Crippen MR) is 529 cm³/mol. The number of amides is 4. The van der Waals surface area contributed by atoms with Crippen LogP contribution < -0.4 is 0 Å². The average molecular weight is 2210 g/mol. The monoisotopic (exact) mass is 2210 g/mol. The molecule has 4 aliphatic heterocycles.